The molecular weight excluding hydrogens is 396 g/mol. The summed E-state index contributed by atoms with van der Waals surface area (Å²) in [6, 6.07) is 15.7. The summed E-state index contributed by atoms with van der Waals surface area (Å²) in [5.41, 5.74) is 2.29. The Morgan fingerprint density at radius 1 is 1.18 bits per heavy atom. The molecule has 0 aliphatic carbocycles. The number of non-ortho nitro benzene ring substituents is 1. The molecule has 0 aliphatic rings. The molecule has 0 bridgehead atoms. The number of amides is 1. The Morgan fingerprint density at radius 2 is 1.96 bits per heavy atom. The van der Waals surface area contributed by atoms with Gasteiger partial charge in [-0.15, -0.1) is 11.3 Å². The molecule has 3 aromatic rings. The van der Waals surface area contributed by atoms with E-state index in [1.165, 1.54) is 35.6 Å². The van der Waals surface area contributed by atoms with Crippen LogP contribution in [0.4, 0.5) is 10.8 Å². The summed E-state index contributed by atoms with van der Waals surface area (Å²) in [6.45, 7) is 0. The number of rotatable bonds is 5. The minimum Gasteiger partial charge on any atom is -0.308 e. The lowest BCUT2D eigenvalue weighted by atomic mass is 10.2. The molecule has 0 saturated carbocycles. The first-order valence-corrected chi connectivity index (χ1v) is 9.35. The number of nitro groups is 1. The Kier molecular flexibility index (Phi) is 6.20. The number of aromatic nitrogens is 1. The highest BCUT2D eigenvalue weighted by molar-refractivity contribution is 7.80. The SMILES string of the molecule is O=C(/C=C/c1cccc([N+](=O)[O-])c1)NC(=S)Nc1nc(-c2ccccc2)cs1. The third-order valence-corrected chi connectivity index (χ3v) is 4.50. The normalized spacial score (nSPS) is 10.6. The molecule has 1 heterocycles. The topological polar surface area (TPSA) is 97.2 Å². The summed E-state index contributed by atoms with van der Waals surface area (Å²) in [5, 5.41) is 18.7. The first-order chi connectivity index (χ1) is 13.5. The predicted molar refractivity (Wildman–Crippen MR) is 114 cm³/mol. The fourth-order valence-electron chi connectivity index (χ4n) is 2.27. The summed E-state index contributed by atoms with van der Waals surface area (Å²) >= 11 is 6.50. The lowest BCUT2D eigenvalue weighted by molar-refractivity contribution is -0.384. The van der Waals surface area contributed by atoms with Crippen LogP contribution in [0.3, 0.4) is 0 Å². The molecular formula is C19H14N4O3S2. The zero-order valence-electron chi connectivity index (χ0n) is 14.4. The number of nitro benzene ring substituents is 1. The van der Waals surface area contributed by atoms with Crippen LogP contribution in [0, 0.1) is 10.1 Å². The quantitative estimate of drug-likeness (QED) is 0.283. The molecule has 3 rings (SSSR count). The highest BCUT2D eigenvalue weighted by atomic mass is 32.1. The molecule has 9 heteroatoms. The molecule has 0 atom stereocenters. The van der Waals surface area contributed by atoms with Gasteiger partial charge in [-0.25, -0.2) is 4.98 Å². The summed E-state index contributed by atoms with van der Waals surface area (Å²) in [4.78, 5) is 26.7. The van der Waals surface area contributed by atoms with Crippen LogP contribution in [0.2, 0.25) is 0 Å². The van der Waals surface area contributed by atoms with Gasteiger partial charge in [0.1, 0.15) is 0 Å². The Balaban J connectivity index is 1.56. The van der Waals surface area contributed by atoms with Crippen molar-refractivity contribution in [3.63, 3.8) is 0 Å². The predicted octanol–water partition coefficient (Wildman–Crippen LogP) is 4.24. The molecule has 140 valence electrons. The molecule has 0 unspecified atom stereocenters. The molecule has 1 aromatic heterocycles. The second-order valence-electron chi connectivity index (χ2n) is 5.53. The number of thiocarbonyl (C=S) groups is 1. The zero-order valence-corrected chi connectivity index (χ0v) is 16.0. The van der Waals surface area contributed by atoms with E-state index in [1.54, 1.807) is 12.1 Å². The van der Waals surface area contributed by atoms with Crippen LogP contribution in [0.1, 0.15) is 5.56 Å². The Hall–Kier alpha value is -3.43. The maximum Gasteiger partial charge on any atom is 0.270 e. The van der Waals surface area contributed by atoms with Crippen LogP contribution < -0.4 is 10.6 Å². The van der Waals surface area contributed by atoms with E-state index in [4.69, 9.17) is 12.2 Å². The van der Waals surface area contributed by atoms with Crippen molar-refractivity contribution in [2.75, 3.05) is 5.32 Å². The monoisotopic (exact) mass is 410 g/mol. The first kappa shape index (κ1) is 19.3. The Bertz CT molecular complexity index is 1050. The van der Waals surface area contributed by atoms with E-state index in [1.807, 2.05) is 35.7 Å². The standard InChI is InChI=1S/C19H14N4O3S2/c24-17(10-9-13-5-4-8-15(11-13)23(25)26)21-18(27)22-19-20-16(12-28-19)14-6-2-1-3-7-14/h1-12H,(H2,20,21,22,24,27)/b10-9+. The van der Waals surface area contributed by atoms with Gasteiger partial charge in [-0.2, -0.15) is 0 Å². The number of hydrogen-bond donors (Lipinski definition) is 2. The van der Waals surface area contributed by atoms with Crippen molar-refractivity contribution in [2.24, 2.45) is 0 Å². The second-order valence-corrected chi connectivity index (χ2v) is 6.80. The first-order valence-electron chi connectivity index (χ1n) is 8.07. The van der Waals surface area contributed by atoms with Gasteiger partial charge in [0.2, 0.25) is 5.91 Å². The van der Waals surface area contributed by atoms with Crippen molar-refractivity contribution in [3.05, 3.63) is 81.7 Å². The van der Waals surface area contributed by atoms with Crippen LogP contribution in [-0.2, 0) is 4.79 Å². The van der Waals surface area contributed by atoms with Crippen molar-refractivity contribution in [2.45, 2.75) is 0 Å². The van der Waals surface area contributed by atoms with Gasteiger partial charge in [0.25, 0.3) is 5.69 Å². The second kappa shape index (κ2) is 8.98. The summed E-state index contributed by atoms with van der Waals surface area (Å²) in [5.74, 6) is -0.455. The van der Waals surface area contributed by atoms with Crippen LogP contribution >= 0.6 is 23.6 Å². The number of benzene rings is 2. The highest BCUT2D eigenvalue weighted by Gasteiger charge is 2.08. The number of carbonyl (C=O) groups is 1. The van der Waals surface area contributed by atoms with Crippen molar-refractivity contribution < 1.29 is 9.72 Å². The Morgan fingerprint density at radius 3 is 2.71 bits per heavy atom. The lowest BCUT2D eigenvalue weighted by Crippen LogP contribution is -2.32. The number of hydrogen-bond acceptors (Lipinski definition) is 6. The molecule has 7 nitrogen and oxygen atoms in total. The van der Waals surface area contributed by atoms with E-state index in [-0.39, 0.29) is 10.8 Å². The number of carbonyl (C=O) groups excluding carboxylic acids is 1. The van der Waals surface area contributed by atoms with Crippen molar-refractivity contribution >= 4 is 51.5 Å². The minimum atomic E-state index is -0.492. The maximum atomic E-state index is 12.0. The van der Waals surface area contributed by atoms with Crippen LogP contribution in [0.25, 0.3) is 17.3 Å². The molecule has 0 spiro atoms. The zero-order chi connectivity index (χ0) is 19.9. The van der Waals surface area contributed by atoms with Gasteiger partial charge in [0.05, 0.1) is 10.6 Å². The van der Waals surface area contributed by atoms with Gasteiger partial charge < -0.3 is 5.32 Å². The number of thiazole rings is 1. The summed E-state index contributed by atoms with van der Waals surface area (Å²) in [7, 11) is 0. The number of anilines is 1. The van der Waals surface area contributed by atoms with E-state index >= 15 is 0 Å². The molecule has 28 heavy (non-hydrogen) atoms. The smallest absolute Gasteiger partial charge is 0.270 e. The Labute approximate surface area is 169 Å². The van der Waals surface area contributed by atoms with Crippen molar-refractivity contribution in [1.82, 2.24) is 10.3 Å². The van der Waals surface area contributed by atoms with Gasteiger partial charge in [0, 0.05) is 29.2 Å². The van der Waals surface area contributed by atoms with E-state index in [0.717, 1.165) is 11.3 Å². The van der Waals surface area contributed by atoms with Crippen LogP contribution in [0.5, 0.6) is 0 Å². The van der Waals surface area contributed by atoms with E-state index in [9.17, 15) is 14.9 Å². The molecule has 0 aliphatic heterocycles. The third-order valence-electron chi connectivity index (χ3n) is 3.54. The van der Waals surface area contributed by atoms with E-state index in [0.29, 0.717) is 10.7 Å². The largest absolute Gasteiger partial charge is 0.308 e. The van der Waals surface area contributed by atoms with Gasteiger partial charge in [-0.1, -0.05) is 42.5 Å². The molecule has 2 aromatic carbocycles. The average molecular weight is 410 g/mol. The summed E-state index contributed by atoms with van der Waals surface area (Å²) in [6.07, 6.45) is 2.73. The van der Waals surface area contributed by atoms with Crippen LogP contribution in [-0.4, -0.2) is 20.9 Å². The number of nitrogens with zero attached hydrogens (tertiary/aromatic N) is 2. The third kappa shape index (κ3) is 5.29. The van der Waals surface area contributed by atoms with Gasteiger partial charge in [-0.05, 0) is 23.9 Å². The molecule has 0 saturated heterocycles. The molecule has 0 fully saturated rings. The van der Waals surface area contributed by atoms with Crippen molar-refractivity contribution in [1.29, 1.82) is 0 Å². The number of nitrogens with one attached hydrogen (secondary N) is 2. The maximum absolute atomic E-state index is 12.0. The van der Waals surface area contributed by atoms with Crippen LogP contribution in [0.15, 0.2) is 66.1 Å². The van der Waals surface area contributed by atoms with Gasteiger partial charge in [-0.3, -0.25) is 20.2 Å². The fourth-order valence-corrected chi connectivity index (χ4v) is 3.25. The van der Waals surface area contributed by atoms with E-state index in [2.05, 4.69) is 15.6 Å². The molecule has 1 amide bonds. The average Bonchev–Trinajstić information content (AvgIpc) is 3.15. The fraction of sp³-hybridized carbons (Fsp3) is 0. The van der Waals surface area contributed by atoms with E-state index < -0.39 is 10.8 Å². The molecule has 0 radical (unpaired) electrons. The van der Waals surface area contributed by atoms with Crippen molar-refractivity contribution in [3.8, 4) is 11.3 Å². The summed E-state index contributed by atoms with van der Waals surface area (Å²) < 4.78 is 0. The van der Waals surface area contributed by atoms with Gasteiger partial charge >= 0.3 is 0 Å². The highest BCUT2D eigenvalue weighted by Crippen LogP contribution is 2.24. The minimum absolute atomic E-state index is 0.0438. The lowest BCUT2D eigenvalue weighted by Gasteiger charge is -2.04. The molecule has 2 N–H and O–H groups in total. The van der Waals surface area contributed by atoms with Gasteiger partial charge in [0.15, 0.2) is 10.2 Å².